The second-order valence-electron chi connectivity index (χ2n) is 14.5. The lowest BCUT2D eigenvalue weighted by Crippen LogP contribution is -2.70. The van der Waals surface area contributed by atoms with Gasteiger partial charge in [-0.05, 0) is 117 Å². The van der Waals surface area contributed by atoms with Crippen molar-refractivity contribution in [2.75, 3.05) is 40.4 Å². The molecule has 1 heterocycles. The first-order valence-electron chi connectivity index (χ1n) is 18.1. The number of hydrogen-bond acceptors (Lipinski definition) is 7. The third-order valence-corrected chi connectivity index (χ3v) is 11.5. The minimum Gasteiger partial charge on any atom is -0.496 e. The van der Waals surface area contributed by atoms with Gasteiger partial charge in [-0.15, -0.1) is 0 Å². The predicted octanol–water partition coefficient (Wildman–Crippen LogP) is 5.76. The van der Waals surface area contributed by atoms with Crippen LogP contribution in [0.3, 0.4) is 0 Å². The molecule has 268 valence electrons. The fourth-order valence-electron chi connectivity index (χ4n) is 9.09. The van der Waals surface area contributed by atoms with Crippen LogP contribution in [0.1, 0.15) is 92.1 Å². The number of rotatable bonds is 14. The average molecular weight is 686 g/mol. The fraction of sp³-hybridized carbons (Fsp3) is 0.538. The number of amides is 2. The lowest BCUT2D eigenvalue weighted by molar-refractivity contribution is -0.163. The summed E-state index contributed by atoms with van der Waals surface area (Å²) in [6, 6.07) is 12.7. The Kier molecular flexibility index (Phi) is 10.3. The first-order chi connectivity index (χ1) is 24.0. The zero-order valence-corrected chi connectivity index (χ0v) is 30.1. The average Bonchev–Trinajstić information content (AvgIpc) is 3.55. The van der Waals surface area contributed by atoms with Crippen molar-refractivity contribution in [1.82, 2.24) is 25.3 Å². The summed E-state index contributed by atoms with van der Waals surface area (Å²) < 4.78 is 13.2. The van der Waals surface area contributed by atoms with Crippen LogP contribution in [0.2, 0.25) is 0 Å². The van der Waals surface area contributed by atoms with E-state index in [-0.39, 0.29) is 29.4 Å². The van der Waals surface area contributed by atoms with Gasteiger partial charge in [0, 0.05) is 18.7 Å². The molecule has 0 spiro atoms. The molecule has 7 rings (SSSR count). The van der Waals surface area contributed by atoms with Gasteiger partial charge in [0.25, 0.3) is 11.8 Å². The highest BCUT2D eigenvalue weighted by Crippen LogP contribution is 2.58. The molecule has 0 aliphatic heterocycles. The zero-order valence-electron chi connectivity index (χ0n) is 30.1. The van der Waals surface area contributed by atoms with Crippen LogP contribution in [0.4, 0.5) is 0 Å². The van der Waals surface area contributed by atoms with Gasteiger partial charge in [-0.25, -0.2) is 9.48 Å². The van der Waals surface area contributed by atoms with E-state index < -0.39 is 17.4 Å². The summed E-state index contributed by atoms with van der Waals surface area (Å²) in [7, 11) is 3.14. The maximum absolute atomic E-state index is 14.2. The molecule has 0 atom stereocenters. The summed E-state index contributed by atoms with van der Waals surface area (Å²) in [5, 5.41) is 21.7. The Morgan fingerprint density at radius 2 is 1.56 bits per heavy atom. The van der Waals surface area contributed by atoms with Gasteiger partial charge in [-0.3, -0.25) is 9.59 Å². The van der Waals surface area contributed by atoms with Crippen LogP contribution < -0.4 is 20.1 Å². The fourth-order valence-corrected chi connectivity index (χ4v) is 9.09. The maximum Gasteiger partial charge on any atom is 0.330 e. The maximum atomic E-state index is 14.2. The topological polar surface area (TPSA) is 135 Å². The number of carboxylic acids is 1. The van der Waals surface area contributed by atoms with Gasteiger partial charge in [0.15, 0.2) is 5.69 Å². The number of hydrogen-bond donors (Lipinski definition) is 3. The van der Waals surface area contributed by atoms with E-state index in [2.05, 4.69) is 29.4 Å². The number of carbonyl (C=O) groups is 3. The first kappa shape index (κ1) is 35.4. The second kappa shape index (κ2) is 14.5. The van der Waals surface area contributed by atoms with E-state index in [4.69, 9.17) is 14.6 Å². The molecule has 4 saturated carbocycles. The van der Waals surface area contributed by atoms with E-state index >= 15 is 0 Å². The van der Waals surface area contributed by atoms with Crippen LogP contribution in [0.15, 0.2) is 42.5 Å². The van der Waals surface area contributed by atoms with Gasteiger partial charge in [0.2, 0.25) is 0 Å². The number of nitrogens with one attached hydrogen (secondary N) is 2. The van der Waals surface area contributed by atoms with E-state index in [9.17, 15) is 19.5 Å². The molecule has 2 aromatic carbocycles. The number of benzene rings is 2. The van der Waals surface area contributed by atoms with E-state index in [1.165, 1.54) is 6.42 Å². The minimum absolute atomic E-state index is 0.00779. The molecule has 4 fully saturated rings. The van der Waals surface area contributed by atoms with E-state index in [1.807, 2.05) is 44.2 Å². The standard InChI is InChI=1S/C39H51N5O6/c1-7-43(8-2)15-14-40-36(45)29-13-12-28(21-30(29)23(3)4)44-32(35-33(49-5)10-9-11-34(35)50-6)22-31(42-44)37(46)41-39(38(47)48)26-17-24-16-25(19-26)20-27(39)18-24/h9-13,21-27H,7-8,14-20H2,1-6H3,(H,40,45)(H,41,46)(H,47,48). The first-order valence-corrected chi connectivity index (χ1v) is 18.1. The normalized spacial score (nSPS) is 23.7. The molecule has 0 saturated heterocycles. The van der Waals surface area contributed by atoms with Crippen molar-refractivity contribution in [2.24, 2.45) is 23.7 Å². The Balaban J connectivity index is 1.40. The summed E-state index contributed by atoms with van der Waals surface area (Å²) in [4.78, 5) is 43.0. The SMILES string of the molecule is CCN(CC)CCNC(=O)c1ccc(-n2nc(C(=O)NC3(C(=O)O)C4CC5CC(C4)CC3C5)cc2-c2c(OC)cccc2OC)cc1C(C)C. The highest BCUT2D eigenvalue weighted by atomic mass is 16.5. The van der Waals surface area contributed by atoms with Crippen molar-refractivity contribution >= 4 is 17.8 Å². The molecular weight excluding hydrogens is 634 g/mol. The molecule has 0 unspecified atom stereocenters. The molecule has 2 amide bonds. The van der Waals surface area contributed by atoms with Gasteiger partial charge < -0.3 is 30.1 Å². The highest BCUT2D eigenvalue weighted by molar-refractivity contribution is 5.98. The number of aromatic nitrogens is 2. The molecule has 4 bridgehead atoms. The third-order valence-electron chi connectivity index (χ3n) is 11.5. The number of likely N-dealkylation sites (N-methyl/N-ethyl adjacent to an activating group) is 1. The molecule has 3 aromatic rings. The molecule has 50 heavy (non-hydrogen) atoms. The van der Waals surface area contributed by atoms with Crippen LogP contribution in [-0.4, -0.2) is 83.5 Å². The van der Waals surface area contributed by atoms with Gasteiger partial charge in [-0.2, -0.15) is 5.10 Å². The Morgan fingerprint density at radius 3 is 2.10 bits per heavy atom. The number of nitrogens with zero attached hydrogens (tertiary/aromatic N) is 3. The van der Waals surface area contributed by atoms with Crippen LogP contribution >= 0.6 is 0 Å². The van der Waals surface area contributed by atoms with Crippen molar-refractivity contribution < 1.29 is 29.0 Å². The van der Waals surface area contributed by atoms with Crippen LogP contribution in [0, 0.1) is 23.7 Å². The lowest BCUT2D eigenvalue weighted by atomic mass is 9.48. The number of methoxy groups -OCH3 is 2. The number of carbonyl (C=O) groups excluding carboxylic acids is 2. The van der Waals surface area contributed by atoms with Crippen LogP contribution in [0.5, 0.6) is 11.5 Å². The predicted molar refractivity (Wildman–Crippen MR) is 191 cm³/mol. The monoisotopic (exact) mass is 685 g/mol. The Morgan fingerprint density at radius 1 is 0.940 bits per heavy atom. The quantitative estimate of drug-likeness (QED) is 0.195. The second-order valence-corrected chi connectivity index (χ2v) is 14.5. The van der Waals surface area contributed by atoms with E-state index in [0.29, 0.717) is 52.4 Å². The van der Waals surface area contributed by atoms with Crippen molar-refractivity contribution in [2.45, 2.75) is 71.3 Å². The highest BCUT2D eigenvalue weighted by Gasteiger charge is 2.62. The van der Waals surface area contributed by atoms with Crippen LogP contribution in [0.25, 0.3) is 16.9 Å². The molecular formula is C39H51N5O6. The summed E-state index contributed by atoms with van der Waals surface area (Å²) in [5.74, 6) is 0.290. The molecule has 11 nitrogen and oxygen atoms in total. The summed E-state index contributed by atoms with van der Waals surface area (Å²) in [6.45, 7) is 11.4. The summed E-state index contributed by atoms with van der Waals surface area (Å²) >= 11 is 0. The van der Waals surface area contributed by atoms with Crippen molar-refractivity contribution in [3.63, 3.8) is 0 Å². The minimum atomic E-state index is -1.32. The van der Waals surface area contributed by atoms with Crippen molar-refractivity contribution in [1.29, 1.82) is 0 Å². The zero-order chi connectivity index (χ0) is 35.7. The molecule has 4 aliphatic rings. The van der Waals surface area contributed by atoms with Gasteiger partial charge >= 0.3 is 5.97 Å². The molecule has 4 aliphatic carbocycles. The summed E-state index contributed by atoms with van der Waals surface area (Å²) in [6.07, 6.45) is 4.46. The third kappa shape index (κ3) is 6.36. The number of aliphatic carboxylic acids is 1. The van der Waals surface area contributed by atoms with Crippen molar-refractivity contribution in [3.8, 4) is 28.4 Å². The Hall–Kier alpha value is -4.38. The molecule has 11 heteroatoms. The molecule has 1 aromatic heterocycles. The lowest BCUT2D eigenvalue weighted by Gasteiger charge is -2.59. The van der Waals surface area contributed by atoms with Gasteiger partial charge in [0.1, 0.15) is 17.0 Å². The molecule has 3 N–H and O–H groups in total. The number of ether oxygens (including phenoxy) is 2. The van der Waals surface area contributed by atoms with E-state index in [0.717, 1.165) is 50.9 Å². The molecule has 0 radical (unpaired) electrons. The largest absolute Gasteiger partial charge is 0.496 e. The summed E-state index contributed by atoms with van der Waals surface area (Å²) in [5.41, 5.74) is 1.95. The Labute approximate surface area is 294 Å². The van der Waals surface area contributed by atoms with Gasteiger partial charge in [-0.1, -0.05) is 33.8 Å². The van der Waals surface area contributed by atoms with Crippen molar-refractivity contribution in [3.05, 3.63) is 59.3 Å². The van der Waals surface area contributed by atoms with Crippen LogP contribution in [-0.2, 0) is 4.79 Å². The Bertz CT molecular complexity index is 1690. The van der Waals surface area contributed by atoms with E-state index in [1.54, 1.807) is 31.0 Å². The smallest absolute Gasteiger partial charge is 0.330 e. The van der Waals surface area contributed by atoms with Gasteiger partial charge in [0.05, 0.1) is 31.2 Å². The number of carboxylic acid groups (broad SMARTS) is 1.